The summed E-state index contributed by atoms with van der Waals surface area (Å²) >= 11 is 12.0. The monoisotopic (exact) mass is 432 g/mol. The smallest absolute Gasteiger partial charge is 0.295 e. The standard InChI is InChI=1S/C16H15Cl2N2O.CH4O4S/c1-19-13-5-3-4-6-14(13)20(2)16(19)10-21-15-8-7-11(17)9-12(15)18;1-5-6(2,3)4/h3-9H,10H2,1-2H3;1H3,(H,2,3,4)/q+1;/p-1. The Balaban J connectivity index is 0.000000380. The predicted octanol–water partition coefficient (Wildman–Crippen LogP) is 2.98. The quantitative estimate of drug-likeness (QED) is 0.359. The normalized spacial score (nSPS) is 11.2. The number of ether oxygens (including phenoxy) is 1. The number of aromatic nitrogens is 2. The second-order valence-electron chi connectivity index (χ2n) is 5.46. The van der Waals surface area contributed by atoms with Crippen LogP contribution in [-0.4, -0.2) is 24.6 Å². The molecule has 1 aromatic heterocycles. The number of halogens is 2. The van der Waals surface area contributed by atoms with E-state index in [0.29, 0.717) is 22.4 Å². The van der Waals surface area contributed by atoms with Crippen LogP contribution in [0.4, 0.5) is 0 Å². The number of benzene rings is 2. The third-order valence-electron chi connectivity index (χ3n) is 3.83. The van der Waals surface area contributed by atoms with Crippen LogP contribution in [-0.2, 0) is 35.3 Å². The summed E-state index contributed by atoms with van der Waals surface area (Å²) in [6, 6.07) is 13.5. The van der Waals surface area contributed by atoms with Gasteiger partial charge < -0.3 is 9.29 Å². The van der Waals surface area contributed by atoms with E-state index in [9.17, 15) is 13.0 Å². The van der Waals surface area contributed by atoms with Crippen molar-refractivity contribution in [3.63, 3.8) is 0 Å². The summed E-state index contributed by atoms with van der Waals surface area (Å²) < 4.78 is 41.1. The van der Waals surface area contributed by atoms with Gasteiger partial charge >= 0.3 is 0 Å². The molecule has 0 bridgehead atoms. The molecule has 3 aromatic rings. The SMILES string of the molecule is COS(=O)(=O)[O-].Cn1c(COc2ccc(Cl)cc2Cl)[n+](C)c2ccccc21. The molecule has 0 amide bonds. The fourth-order valence-corrected chi connectivity index (χ4v) is 2.93. The van der Waals surface area contributed by atoms with Crippen LogP contribution in [0.5, 0.6) is 5.75 Å². The molecule has 0 atom stereocenters. The first-order chi connectivity index (χ1) is 12.6. The summed E-state index contributed by atoms with van der Waals surface area (Å²) in [6.45, 7) is 0.434. The molecule has 0 aliphatic carbocycles. The van der Waals surface area contributed by atoms with E-state index in [-0.39, 0.29) is 0 Å². The Hall–Kier alpha value is -1.84. The van der Waals surface area contributed by atoms with Gasteiger partial charge in [0, 0.05) is 5.02 Å². The van der Waals surface area contributed by atoms with Gasteiger partial charge in [-0.15, -0.1) is 0 Å². The Morgan fingerprint density at radius 2 is 1.81 bits per heavy atom. The lowest BCUT2D eigenvalue weighted by Gasteiger charge is -2.06. The van der Waals surface area contributed by atoms with Gasteiger partial charge in [-0.05, 0) is 30.3 Å². The van der Waals surface area contributed by atoms with Gasteiger partial charge in [0.05, 0.1) is 26.2 Å². The molecule has 0 saturated carbocycles. The first-order valence-corrected chi connectivity index (χ1v) is 9.74. The highest BCUT2D eigenvalue weighted by Crippen LogP contribution is 2.28. The summed E-state index contributed by atoms with van der Waals surface area (Å²) in [6.07, 6.45) is 0. The Kier molecular flexibility index (Phi) is 7.07. The fourth-order valence-electron chi connectivity index (χ4n) is 2.46. The van der Waals surface area contributed by atoms with E-state index in [1.165, 1.54) is 11.0 Å². The van der Waals surface area contributed by atoms with E-state index in [1.807, 2.05) is 26.2 Å². The molecule has 7 nitrogen and oxygen atoms in total. The molecule has 0 spiro atoms. The first-order valence-electron chi connectivity index (χ1n) is 7.65. The zero-order chi connectivity index (χ0) is 20.2. The van der Waals surface area contributed by atoms with Crippen molar-refractivity contribution >= 4 is 44.6 Å². The molecule has 0 N–H and O–H groups in total. The minimum absolute atomic E-state index is 0.434. The number of aryl methyl sites for hydroxylation is 2. The minimum atomic E-state index is -4.41. The van der Waals surface area contributed by atoms with Crippen LogP contribution < -0.4 is 9.30 Å². The molecule has 0 unspecified atom stereocenters. The van der Waals surface area contributed by atoms with E-state index in [0.717, 1.165) is 12.9 Å². The highest BCUT2D eigenvalue weighted by Gasteiger charge is 2.20. The van der Waals surface area contributed by atoms with Crippen LogP contribution in [0, 0.1) is 0 Å². The number of nitrogens with zero attached hydrogens (tertiary/aromatic N) is 2. The third kappa shape index (κ3) is 5.57. The Morgan fingerprint density at radius 3 is 2.37 bits per heavy atom. The molecule has 2 aromatic carbocycles. The van der Waals surface area contributed by atoms with Crippen molar-refractivity contribution in [2.75, 3.05) is 7.11 Å². The number of rotatable bonds is 4. The molecular formula is C17H18Cl2N2O5S. The molecule has 0 aliphatic rings. The van der Waals surface area contributed by atoms with E-state index in [4.69, 9.17) is 27.9 Å². The van der Waals surface area contributed by atoms with Crippen molar-refractivity contribution in [1.82, 2.24) is 4.57 Å². The third-order valence-corrected chi connectivity index (χ3v) is 4.77. The van der Waals surface area contributed by atoms with Gasteiger partial charge in [0.1, 0.15) is 5.75 Å². The highest BCUT2D eigenvalue weighted by atomic mass is 35.5. The van der Waals surface area contributed by atoms with Crippen LogP contribution in [0.1, 0.15) is 5.82 Å². The summed E-state index contributed by atoms with van der Waals surface area (Å²) in [4.78, 5) is 0. The lowest BCUT2D eigenvalue weighted by atomic mass is 10.3. The van der Waals surface area contributed by atoms with E-state index in [2.05, 4.69) is 25.5 Å². The topological polar surface area (TPSA) is 84.5 Å². The van der Waals surface area contributed by atoms with E-state index in [1.54, 1.807) is 18.2 Å². The van der Waals surface area contributed by atoms with Gasteiger partial charge in [-0.1, -0.05) is 35.3 Å². The van der Waals surface area contributed by atoms with Gasteiger partial charge in [0.25, 0.3) is 5.82 Å². The maximum absolute atomic E-state index is 9.22. The molecule has 1 heterocycles. The lowest BCUT2D eigenvalue weighted by Crippen LogP contribution is -2.33. The van der Waals surface area contributed by atoms with Crippen LogP contribution in [0.2, 0.25) is 10.0 Å². The molecule has 10 heteroatoms. The second-order valence-corrected chi connectivity index (χ2v) is 7.45. The van der Waals surface area contributed by atoms with Gasteiger partial charge in [-0.2, -0.15) is 0 Å². The van der Waals surface area contributed by atoms with E-state index >= 15 is 0 Å². The second kappa shape index (κ2) is 8.90. The molecule has 0 radical (unpaired) electrons. The van der Waals surface area contributed by atoms with Crippen LogP contribution in [0.25, 0.3) is 11.0 Å². The Labute approximate surface area is 167 Å². The highest BCUT2D eigenvalue weighted by molar-refractivity contribution is 7.80. The van der Waals surface area contributed by atoms with Crippen molar-refractivity contribution < 1.29 is 26.5 Å². The van der Waals surface area contributed by atoms with Gasteiger partial charge in [-0.25, -0.2) is 17.6 Å². The minimum Gasteiger partial charge on any atom is -0.726 e. The average Bonchev–Trinajstić information content (AvgIpc) is 2.86. The maximum atomic E-state index is 9.22. The van der Waals surface area contributed by atoms with Gasteiger partial charge in [-0.3, -0.25) is 4.18 Å². The molecule has 27 heavy (non-hydrogen) atoms. The van der Waals surface area contributed by atoms with Gasteiger partial charge in [0.2, 0.25) is 10.4 Å². The Bertz CT molecular complexity index is 1010. The zero-order valence-corrected chi connectivity index (χ0v) is 17.2. The molecular weight excluding hydrogens is 415 g/mol. The predicted molar refractivity (Wildman–Crippen MR) is 102 cm³/mol. The van der Waals surface area contributed by atoms with Crippen molar-refractivity contribution in [2.45, 2.75) is 6.61 Å². The largest absolute Gasteiger partial charge is 0.726 e. The van der Waals surface area contributed by atoms with Crippen LogP contribution in [0.3, 0.4) is 0 Å². The maximum Gasteiger partial charge on any atom is 0.295 e. The summed E-state index contributed by atoms with van der Waals surface area (Å²) in [5.41, 5.74) is 2.33. The summed E-state index contributed by atoms with van der Waals surface area (Å²) in [5, 5.41) is 1.12. The molecule has 0 saturated heterocycles. The molecule has 146 valence electrons. The first kappa shape index (κ1) is 21.5. The van der Waals surface area contributed by atoms with Crippen molar-refractivity contribution in [1.29, 1.82) is 0 Å². The van der Waals surface area contributed by atoms with Gasteiger partial charge in [0.15, 0.2) is 17.6 Å². The summed E-state index contributed by atoms with van der Waals surface area (Å²) in [7, 11) is 0.460. The van der Waals surface area contributed by atoms with Crippen molar-refractivity contribution in [3.8, 4) is 5.75 Å². The molecule has 3 rings (SSSR count). The van der Waals surface area contributed by atoms with Crippen LogP contribution in [0.15, 0.2) is 42.5 Å². The van der Waals surface area contributed by atoms with Crippen LogP contribution >= 0.6 is 23.2 Å². The van der Waals surface area contributed by atoms with Crippen molar-refractivity contribution in [2.24, 2.45) is 14.1 Å². The average molecular weight is 433 g/mol. The lowest BCUT2D eigenvalue weighted by molar-refractivity contribution is -0.655. The number of para-hydroxylation sites is 2. The number of hydrogen-bond donors (Lipinski definition) is 0. The number of fused-ring (bicyclic) bond motifs is 1. The molecule has 0 fully saturated rings. The number of imidazole rings is 1. The molecule has 0 aliphatic heterocycles. The number of hydrogen-bond acceptors (Lipinski definition) is 5. The summed E-state index contributed by atoms with van der Waals surface area (Å²) in [5.74, 6) is 1.69. The Morgan fingerprint density at radius 1 is 1.19 bits per heavy atom. The zero-order valence-electron chi connectivity index (χ0n) is 14.8. The van der Waals surface area contributed by atoms with Crippen molar-refractivity contribution in [3.05, 3.63) is 58.3 Å². The van der Waals surface area contributed by atoms with E-state index < -0.39 is 10.4 Å². The fraction of sp³-hybridized carbons (Fsp3) is 0.235.